The molecular formula is C12H16BrClN2. The summed E-state index contributed by atoms with van der Waals surface area (Å²) in [5.74, 6) is 0. The van der Waals surface area contributed by atoms with Gasteiger partial charge in [-0.1, -0.05) is 11.6 Å². The van der Waals surface area contributed by atoms with Crippen LogP contribution in [0.1, 0.15) is 12.8 Å². The molecule has 1 fully saturated rings. The predicted octanol–water partition coefficient (Wildman–Crippen LogP) is 3.61. The molecule has 2 rings (SSSR count). The monoisotopic (exact) mass is 302 g/mol. The number of likely N-dealkylation sites (tertiary alicyclic amines) is 1. The number of halogens is 2. The van der Waals surface area contributed by atoms with Gasteiger partial charge in [-0.05, 0) is 60.1 Å². The van der Waals surface area contributed by atoms with E-state index in [0.717, 1.165) is 28.3 Å². The predicted molar refractivity (Wildman–Crippen MR) is 73.3 cm³/mol. The number of nitrogens with zero attached hydrogens (tertiary/aromatic N) is 1. The Hall–Kier alpha value is -0.250. The first-order valence-corrected chi connectivity index (χ1v) is 6.84. The summed E-state index contributed by atoms with van der Waals surface area (Å²) in [6.07, 6.45) is 2.70. The van der Waals surface area contributed by atoms with Gasteiger partial charge in [-0.2, -0.15) is 0 Å². The van der Waals surface area contributed by atoms with Gasteiger partial charge < -0.3 is 10.2 Å². The fourth-order valence-electron chi connectivity index (χ4n) is 1.97. The molecule has 1 aromatic rings. The lowest BCUT2D eigenvalue weighted by atomic mass is 10.3. The van der Waals surface area contributed by atoms with Crippen LogP contribution >= 0.6 is 27.5 Å². The molecule has 0 saturated carbocycles. The first-order valence-electron chi connectivity index (χ1n) is 5.67. The van der Waals surface area contributed by atoms with Gasteiger partial charge in [0.05, 0.1) is 5.02 Å². The standard InChI is InChI=1S/C12H16BrClN2/c13-11-4-3-10(9-12(11)14)15-5-8-16-6-1-2-7-16/h3-4,9,15H,1-2,5-8H2. The average molecular weight is 304 g/mol. The minimum absolute atomic E-state index is 0.756. The zero-order chi connectivity index (χ0) is 11.4. The van der Waals surface area contributed by atoms with Gasteiger partial charge in [0, 0.05) is 23.2 Å². The van der Waals surface area contributed by atoms with Crippen LogP contribution in [0.4, 0.5) is 5.69 Å². The minimum atomic E-state index is 0.756. The summed E-state index contributed by atoms with van der Waals surface area (Å²) in [6, 6.07) is 5.97. The van der Waals surface area contributed by atoms with Crippen LogP contribution in [0.3, 0.4) is 0 Å². The molecule has 0 atom stereocenters. The second-order valence-corrected chi connectivity index (χ2v) is 5.37. The molecule has 0 aromatic heterocycles. The van der Waals surface area contributed by atoms with Crippen molar-refractivity contribution in [3.05, 3.63) is 27.7 Å². The zero-order valence-electron chi connectivity index (χ0n) is 9.18. The summed E-state index contributed by atoms with van der Waals surface area (Å²) < 4.78 is 0.944. The Labute approximate surface area is 110 Å². The Morgan fingerprint density at radius 3 is 2.75 bits per heavy atom. The molecule has 1 aliphatic heterocycles. The van der Waals surface area contributed by atoms with Gasteiger partial charge in [-0.15, -0.1) is 0 Å². The quantitative estimate of drug-likeness (QED) is 0.914. The van der Waals surface area contributed by atoms with E-state index in [1.54, 1.807) is 0 Å². The van der Waals surface area contributed by atoms with E-state index in [-0.39, 0.29) is 0 Å². The SMILES string of the molecule is Clc1cc(NCCN2CCCC2)ccc1Br. The smallest absolute Gasteiger partial charge is 0.0568 e. The molecule has 0 aliphatic carbocycles. The highest BCUT2D eigenvalue weighted by atomic mass is 79.9. The third kappa shape index (κ3) is 3.37. The largest absolute Gasteiger partial charge is 0.384 e. The van der Waals surface area contributed by atoms with E-state index in [4.69, 9.17) is 11.6 Å². The summed E-state index contributed by atoms with van der Waals surface area (Å²) in [5.41, 5.74) is 1.09. The molecule has 2 nitrogen and oxygen atoms in total. The van der Waals surface area contributed by atoms with Crippen LogP contribution in [0.25, 0.3) is 0 Å². The molecule has 1 aromatic carbocycles. The number of hydrogen-bond acceptors (Lipinski definition) is 2. The summed E-state index contributed by atoms with van der Waals surface area (Å²) in [4.78, 5) is 2.49. The van der Waals surface area contributed by atoms with E-state index in [2.05, 4.69) is 26.1 Å². The highest BCUT2D eigenvalue weighted by Gasteiger charge is 2.10. The molecule has 1 aliphatic rings. The van der Waals surface area contributed by atoms with Crippen LogP contribution in [0.15, 0.2) is 22.7 Å². The van der Waals surface area contributed by atoms with Crippen LogP contribution in [-0.4, -0.2) is 31.1 Å². The lowest BCUT2D eigenvalue weighted by Crippen LogP contribution is -2.25. The van der Waals surface area contributed by atoms with Crippen molar-refractivity contribution in [2.75, 3.05) is 31.5 Å². The first-order chi connectivity index (χ1) is 7.75. The molecule has 1 N–H and O–H groups in total. The molecule has 0 radical (unpaired) electrons. The van der Waals surface area contributed by atoms with Gasteiger partial charge in [0.15, 0.2) is 0 Å². The molecular weight excluding hydrogens is 288 g/mol. The Morgan fingerprint density at radius 2 is 2.06 bits per heavy atom. The number of benzene rings is 1. The maximum atomic E-state index is 6.02. The van der Waals surface area contributed by atoms with Crippen molar-refractivity contribution in [3.8, 4) is 0 Å². The maximum absolute atomic E-state index is 6.02. The molecule has 88 valence electrons. The minimum Gasteiger partial charge on any atom is -0.384 e. The molecule has 0 unspecified atom stereocenters. The first kappa shape index (κ1) is 12.2. The average Bonchev–Trinajstić information content (AvgIpc) is 2.76. The van der Waals surface area contributed by atoms with E-state index in [0.29, 0.717) is 0 Å². The van der Waals surface area contributed by atoms with E-state index in [9.17, 15) is 0 Å². The second kappa shape index (κ2) is 5.89. The van der Waals surface area contributed by atoms with Gasteiger partial charge in [0.2, 0.25) is 0 Å². The lowest BCUT2D eigenvalue weighted by molar-refractivity contribution is 0.352. The van der Waals surface area contributed by atoms with Gasteiger partial charge in [0.25, 0.3) is 0 Å². The number of anilines is 1. The fourth-order valence-corrected chi connectivity index (χ4v) is 2.40. The number of rotatable bonds is 4. The van der Waals surface area contributed by atoms with Crippen molar-refractivity contribution in [2.45, 2.75) is 12.8 Å². The summed E-state index contributed by atoms with van der Waals surface area (Å²) in [7, 11) is 0. The van der Waals surface area contributed by atoms with E-state index in [1.807, 2.05) is 18.2 Å². The van der Waals surface area contributed by atoms with Crippen LogP contribution in [0.5, 0.6) is 0 Å². The fraction of sp³-hybridized carbons (Fsp3) is 0.500. The van der Waals surface area contributed by atoms with Gasteiger partial charge >= 0.3 is 0 Å². The Bertz CT molecular complexity index is 351. The molecule has 16 heavy (non-hydrogen) atoms. The van der Waals surface area contributed by atoms with Crippen LogP contribution in [-0.2, 0) is 0 Å². The Kier molecular flexibility index (Phi) is 4.50. The molecule has 0 bridgehead atoms. The summed E-state index contributed by atoms with van der Waals surface area (Å²) in [6.45, 7) is 4.61. The van der Waals surface area contributed by atoms with Crippen molar-refractivity contribution < 1.29 is 0 Å². The van der Waals surface area contributed by atoms with Crippen LogP contribution in [0, 0.1) is 0 Å². The highest BCUT2D eigenvalue weighted by molar-refractivity contribution is 9.10. The van der Waals surface area contributed by atoms with E-state index < -0.39 is 0 Å². The van der Waals surface area contributed by atoms with E-state index in [1.165, 1.54) is 25.9 Å². The summed E-state index contributed by atoms with van der Waals surface area (Å²) >= 11 is 9.41. The van der Waals surface area contributed by atoms with Crippen molar-refractivity contribution in [3.63, 3.8) is 0 Å². The van der Waals surface area contributed by atoms with Crippen molar-refractivity contribution in [1.29, 1.82) is 0 Å². The Morgan fingerprint density at radius 1 is 1.31 bits per heavy atom. The molecule has 0 amide bonds. The number of hydrogen-bond donors (Lipinski definition) is 1. The van der Waals surface area contributed by atoms with Crippen molar-refractivity contribution >= 4 is 33.2 Å². The summed E-state index contributed by atoms with van der Waals surface area (Å²) in [5, 5.41) is 4.15. The number of nitrogens with one attached hydrogen (secondary N) is 1. The topological polar surface area (TPSA) is 15.3 Å². The normalized spacial score (nSPS) is 16.6. The van der Waals surface area contributed by atoms with E-state index >= 15 is 0 Å². The van der Waals surface area contributed by atoms with Crippen molar-refractivity contribution in [2.24, 2.45) is 0 Å². The molecule has 4 heteroatoms. The third-order valence-electron chi connectivity index (χ3n) is 2.88. The molecule has 0 spiro atoms. The van der Waals surface area contributed by atoms with Gasteiger partial charge in [-0.3, -0.25) is 0 Å². The maximum Gasteiger partial charge on any atom is 0.0568 e. The van der Waals surface area contributed by atoms with Crippen LogP contribution in [0.2, 0.25) is 5.02 Å². The zero-order valence-corrected chi connectivity index (χ0v) is 11.5. The molecule has 1 saturated heterocycles. The Balaban J connectivity index is 1.78. The highest BCUT2D eigenvalue weighted by Crippen LogP contribution is 2.25. The lowest BCUT2D eigenvalue weighted by Gasteiger charge is -2.15. The third-order valence-corrected chi connectivity index (χ3v) is 4.11. The van der Waals surface area contributed by atoms with Gasteiger partial charge in [-0.25, -0.2) is 0 Å². The van der Waals surface area contributed by atoms with Gasteiger partial charge in [0.1, 0.15) is 0 Å². The van der Waals surface area contributed by atoms with Crippen LogP contribution < -0.4 is 5.32 Å². The van der Waals surface area contributed by atoms with Crippen molar-refractivity contribution in [1.82, 2.24) is 4.90 Å². The molecule has 1 heterocycles. The second-order valence-electron chi connectivity index (χ2n) is 4.10.